The van der Waals surface area contributed by atoms with Crippen molar-refractivity contribution >= 4 is 23.5 Å². The Morgan fingerprint density at radius 1 is 1.27 bits per heavy atom. The van der Waals surface area contributed by atoms with Crippen LogP contribution in [-0.4, -0.2) is 49.7 Å². The van der Waals surface area contributed by atoms with Crippen LogP contribution < -0.4 is 10.2 Å². The van der Waals surface area contributed by atoms with Crippen molar-refractivity contribution in [2.24, 2.45) is 0 Å². The number of quaternary nitrogens is 1. The van der Waals surface area contributed by atoms with Gasteiger partial charge < -0.3 is 19.7 Å². The predicted octanol–water partition coefficient (Wildman–Crippen LogP) is 0.555. The standard InChI is InChI=1S/C19H24N2O5/c1-2-25-18(23)13-6-8-14(9-7-13)20-17(22)11-16-19(24)26-12-15-5-3-4-10-21(15)16/h6-9,15-16H,2-5,10-12H2,1H3,(H,20,22)/p+1/t15-,16+/m1/s1. The quantitative estimate of drug-likeness (QED) is 0.749. The fourth-order valence-corrected chi connectivity index (χ4v) is 3.71. The number of carbonyl (C=O) groups excluding carboxylic acids is 3. The highest BCUT2D eigenvalue weighted by molar-refractivity contribution is 5.95. The summed E-state index contributed by atoms with van der Waals surface area (Å²) in [5.74, 6) is -0.907. The summed E-state index contributed by atoms with van der Waals surface area (Å²) in [7, 11) is 0. The lowest BCUT2D eigenvalue weighted by molar-refractivity contribution is -0.951. The molecule has 0 aliphatic carbocycles. The van der Waals surface area contributed by atoms with Crippen molar-refractivity contribution in [1.82, 2.24) is 0 Å². The van der Waals surface area contributed by atoms with Crippen molar-refractivity contribution < 1.29 is 28.8 Å². The van der Waals surface area contributed by atoms with E-state index in [9.17, 15) is 14.4 Å². The molecule has 1 aromatic rings. The van der Waals surface area contributed by atoms with Crippen molar-refractivity contribution in [3.63, 3.8) is 0 Å². The number of carbonyl (C=O) groups is 3. The summed E-state index contributed by atoms with van der Waals surface area (Å²) >= 11 is 0. The molecule has 2 heterocycles. The molecule has 0 saturated carbocycles. The average Bonchev–Trinajstić information content (AvgIpc) is 2.65. The molecule has 3 atom stereocenters. The number of nitrogens with one attached hydrogen (secondary N) is 2. The molecule has 2 saturated heterocycles. The number of fused-ring (bicyclic) bond motifs is 1. The Kier molecular flexibility index (Phi) is 5.88. The van der Waals surface area contributed by atoms with E-state index in [0.29, 0.717) is 30.5 Å². The first-order valence-electron chi connectivity index (χ1n) is 9.17. The topological polar surface area (TPSA) is 86.1 Å². The van der Waals surface area contributed by atoms with Crippen molar-refractivity contribution in [2.45, 2.75) is 44.7 Å². The normalized spacial score (nSPS) is 25.0. The average molecular weight is 361 g/mol. The summed E-state index contributed by atoms with van der Waals surface area (Å²) in [5.41, 5.74) is 1.01. The summed E-state index contributed by atoms with van der Waals surface area (Å²) in [5, 5.41) is 2.79. The molecule has 2 N–H and O–H groups in total. The fourth-order valence-electron chi connectivity index (χ4n) is 3.71. The number of benzene rings is 1. The van der Waals surface area contributed by atoms with Gasteiger partial charge in [-0.3, -0.25) is 4.79 Å². The lowest BCUT2D eigenvalue weighted by Crippen LogP contribution is -3.22. The third-order valence-electron chi connectivity index (χ3n) is 5.02. The summed E-state index contributed by atoms with van der Waals surface area (Å²) in [6.45, 7) is 3.43. The third-order valence-corrected chi connectivity index (χ3v) is 5.02. The summed E-state index contributed by atoms with van der Waals surface area (Å²) in [6.07, 6.45) is 3.37. The largest absolute Gasteiger partial charge is 0.462 e. The molecular formula is C19H25N2O5+. The molecule has 1 amide bonds. The van der Waals surface area contributed by atoms with E-state index in [4.69, 9.17) is 9.47 Å². The molecule has 26 heavy (non-hydrogen) atoms. The lowest BCUT2D eigenvalue weighted by atomic mass is 9.97. The van der Waals surface area contributed by atoms with Crippen LogP contribution in [0.15, 0.2) is 24.3 Å². The van der Waals surface area contributed by atoms with Gasteiger partial charge in [-0.25, -0.2) is 9.59 Å². The first-order valence-corrected chi connectivity index (χ1v) is 9.17. The zero-order chi connectivity index (χ0) is 18.5. The van der Waals surface area contributed by atoms with E-state index in [1.807, 2.05) is 0 Å². The zero-order valence-corrected chi connectivity index (χ0v) is 15.0. The molecule has 0 aromatic heterocycles. The van der Waals surface area contributed by atoms with E-state index in [1.165, 1.54) is 4.90 Å². The maximum atomic E-state index is 12.4. The van der Waals surface area contributed by atoms with E-state index < -0.39 is 12.0 Å². The highest BCUT2D eigenvalue weighted by Gasteiger charge is 2.43. The number of ether oxygens (including phenoxy) is 2. The molecule has 0 bridgehead atoms. The van der Waals surface area contributed by atoms with E-state index in [1.54, 1.807) is 31.2 Å². The Bertz CT molecular complexity index is 673. The van der Waals surface area contributed by atoms with Gasteiger partial charge in [0.2, 0.25) is 5.91 Å². The summed E-state index contributed by atoms with van der Waals surface area (Å²) < 4.78 is 10.2. The van der Waals surface area contributed by atoms with E-state index in [-0.39, 0.29) is 18.3 Å². The second kappa shape index (κ2) is 8.31. The SMILES string of the molecule is CCOC(=O)c1ccc(NC(=O)C[C@H]2C(=O)OC[C@H]3CCCC[NH+]32)cc1. The van der Waals surface area contributed by atoms with Gasteiger partial charge in [-0.15, -0.1) is 0 Å². The van der Waals surface area contributed by atoms with Gasteiger partial charge in [0.1, 0.15) is 12.6 Å². The Labute approximate surface area is 152 Å². The van der Waals surface area contributed by atoms with Gasteiger partial charge in [0.25, 0.3) is 0 Å². The van der Waals surface area contributed by atoms with E-state index >= 15 is 0 Å². The second-order valence-corrected chi connectivity index (χ2v) is 6.75. The molecular weight excluding hydrogens is 336 g/mol. The predicted molar refractivity (Wildman–Crippen MR) is 93.9 cm³/mol. The van der Waals surface area contributed by atoms with Gasteiger partial charge >= 0.3 is 11.9 Å². The van der Waals surface area contributed by atoms with Crippen LogP contribution in [0.2, 0.25) is 0 Å². The van der Waals surface area contributed by atoms with Crippen molar-refractivity contribution in [1.29, 1.82) is 0 Å². The van der Waals surface area contributed by atoms with Gasteiger partial charge in [0.05, 0.1) is 25.1 Å². The monoisotopic (exact) mass is 361 g/mol. The number of hydrogen-bond acceptors (Lipinski definition) is 5. The number of cyclic esters (lactones) is 1. The number of amides is 1. The molecule has 0 spiro atoms. The maximum absolute atomic E-state index is 12.4. The van der Waals surface area contributed by atoms with Crippen LogP contribution in [-0.2, 0) is 19.1 Å². The Balaban J connectivity index is 1.59. The van der Waals surface area contributed by atoms with Crippen molar-refractivity contribution in [3.05, 3.63) is 29.8 Å². The highest BCUT2D eigenvalue weighted by atomic mass is 16.5. The lowest BCUT2D eigenvalue weighted by Gasteiger charge is -2.40. The van der Waals surface area contributed by atoms with Gasteiger partial charge in [0.15, 0.2) is 6.04 Å². The molecule has 2 aliphatic rings. The number of piperidine rings is 1. The highest BCUT2D eigenvalue weighted by Crippen LogP contribution is 2.13. The van der Waals surface area contributed by atoms with Crippen LogP contribution in [0.25, 0.3) is 0 Å². The fraction of sp³-hybridized carbons (Fsp3) is 0.526. The zero-order valence-electron chi connectivity index (χ0n) is 15.0. The molecule has 1 aromatic carbocycles. The van der Waals surface area contributed by atoms with Crippen LogP contribution >= 0.6 is 0 Å². The minimum atomic E-state index is -0.437. The summed E-state index contributed by atoms with van der Waals surface area (Å²) in [4.78, 5) is 37.4. The molecule has 1 unspecified atom stereocenters. The van der Waals surface area contributed by atoms with Gasteiger partial charge in [-0.1, -0.05) is 0 Å². The van der Waals surface area contributed by atoms with Gasteiger partial charge in [0, 0.05) is 12.1 Å². The smallest absolute Gasteiger partial charge is 0.365 e. The summed E-state index contributed by atoms with van der Waals surface area (Å²) in [6, 6.07) is 6.39. The minimum Gasteiger partial charge on any atom is -0.462 e. The van der Waals surface area contributed by atoms with Gasteiger partial charge in [-0.05, 0) is 44.0 Å². The van der Waals surface area contributed by atoms with E-state index in [2.05, 4.69) is 5.32 Å². The van der Waals surface area contributed by atoms with Crippen LogP contribution in [0.3, 0.4) is 0 Å². The van der Waals surface area contributed by atoms with Crippen LogP contribution in [0, 0.1) is 0 Å². The van der Waals surface area contributed by atoms with Crippen LogP contribution in [0.1, 0.15) is 43.0 Å². The maximum Gasteiger partial charge on any atom is 0.365 e. The number of morpholine rings is 1. The van der Waals surface area contributed by atoms with Crippen LogP contribution in [0.5, 0.6) is 0 Å². The number of hydrogen-bond donors (Lipinski definition) is 2. The molecule has 7 nitrogen and oxygen atoms in total. The first-order chi connectivity index (χ1) is 12.6. The Hall–Kier alpha value is -2.41. The Morgan fingerprint density at radius 3 is 2.77 bits per heavy atom. The number of rotatable bonds is 5. The molecule has 140 valence electrons. The Morgan fingerprint density at radius 2 is 2.04 bits per heavy atom. The van der Waals surface area contributed by atoms with E-state index in [0.717, 1.165) is 25.8 Å². The molecule has 2 aliphatic heterocycles. The first kappa shape index (κ1) is 18.4. The molecule has 3 rings (SSSR count). The van der Waals surface area contributed by atoms with Crippen molar-refractivity contribution in [2.75, 3.05) is 25.1 Å². The van der Waals surface area contributed by atoms with Crippen molar-refractivity contribution in [3.8, 4) is 0 Å². The minimum absolute atomic E-state index is 0.101. The van der Waals surface area contributed by atoms with Gasteiger partial charge in [-0.2, -0.15) is 0 Å². The second-order valence-electron chi connectivity index (χ2n) is 6.75. The van der Waals surface area contributed by atoms with Crippen LogP contribution in [0.4, 0.5) is 5.69 Å². The molecule has 7 heteroatoms. The number of esters is 2. The molecule has 0 radical (unpaired) electrons. The number of anilines is 1. The molecule has 2 fully saturated rings. The third kappa shape index (κ3) is 4.22.